The third-order valence-electron chi connectivity index (χ3n) is 5.17. The fourth-order valence-corrected chi connectivity index (χ4v) is 3.42. The zero-order valence-electron chi connectivity index (χ0n) is 17.6. The molecule has 32 heavy (non-hydrogen) atoms. The highest BCUT2D eigenvalue weighted by atomic mass is 19.1. The van der Waals surface area contributed by atoms with Gasteiger partial charge in [0.25, 0.3) is 11.8 Å². The average molecular weight is 434 g/mol. The summed E-state index contributed by atoms with van der Waals surface area (Å²) in [7, 11) is 0. The number of fused-ring (bicyclic) bond motifs is 1. The maximum absolute atomic E-state index is 14.1. The Balaban J connectivity index is 1.45. The van der Waals surface area contributed by atoms with Crippen LogP contribution >= 0.6 is 0 Å². The predicted octanol–water partition coefficient (Wildman–Crippen LogP) is 4.33. The molecule has 0 radical (unpaired) electrons. The Morgan fingerprint density at radius 3 is 2.66 bits per heavy atom. The smallest absolute Gasteiger partial charge is 0.265 e. The van der Waals surface area contributed by atoms with Gasteiger partial charge in [-0.25, -0.2) is 4.39 Å². The van der Waals surface area contributed by atoms with Crippen molar-refractivity contribution in [3.05, 3.63) is 83.7 Å². The van der Waals surface area contributed by atoms with Gasteiger partial charge in [-0.2, -0.15) is 0 Å². The van der Waals surface area contributed by atoms with Crippen LogP contribution in [-0.2, 0) is 22.6 Å². The molecule has 3 aromatic rings. The lowest BCUT2D eigenvalue weighted by Crippen LogP contribution is -2.38. The molecule has 0 aliphatic carbocycles. The van der Waals surface area contributed by atoms with Crippen molar-refractivity contribution in [2.24, 2.45) is 0 Å². The minimum absolute atomic E-state index is 0.0656. The lowest BCUT2D eigenvalue weighted by atomic mass is 10.1. The number of aryl methyl sites for hydroxylation is 1. The highest BCUT2D eigenvalue weighted by molar-refractivity contribution is 5.99. The summed E-state index contributed by atoms with van der Waals surface area (Å²) in [5.41, 5.74) is 2.53. The molecule has 164 valence electrons. The van der Waals surface area contributed by atoms with E-state index in [1.165, 1.54) is 16.5 Å². The van der Waals surface area contributed by atoms with E-state index in [2.05, 4.69) is 12.2 Å². The number of amides is 2. The predicted molar refractivity (Wildman–Crippen MR) is 119 cm³/mol. The Morgan fingerprint density at radius 1 is 1.12 bits per heavy atom. The number of hydrogen-bond donors (Lipinski definition) is 1. The highest BCUT2D eigenvalue weighted by Crippen LogP contribution is 2.35. The first-order chi connectivity index (χ1) is 15.5. The molecule has 0 bridgehead atoms. The van der Waals surface area contributed by atoms with E-state index >= 15 is 0 Å². The number of hydrogen-bond acceptors (Lipinski definition) is 4. The molecule has 0 saturated carbocycles. The van der Waals surface area contributed by atoms with E-state index in [4.69, 9.17) is 9.47 Å². The van der Waals surface area contributed by atoms with Crippen LogP contribution < -0.4 is 19.7 Å². The van der Waals surface area contributed by atoms with Gasteiger partial charge in [-0.15, -0.1) is 0 Å². The maximum atomic E-state index is 14.1. The van der Waals surface area contributed by atoms with E-state index in [0.29, 0.717) is 28.4 Å². The monoisotopic (exact) mass is 434 g/mol. The third kappa shape index (κ3) is 4.88. The molecule has 3 aromatic carbocycles. The van der Waals surface area contributed by atoms with Crippen LogP contribution in [0.2, 0.25) is 0 Å². The number of halogens is 1. The van der Waals surface area contributed by atoms with Gasteiger partial charge in [0, 0.05) is 11.3 Å². The van der Waals surface area contributed by atoms with Crippen LogP contribution in [0.4, 0.5) is 15.8 Å². The summed E-state index contributed by atoms with van der Waals surface area (Å²) >= 11 is 0. The minimum Gasteiger partial charge on any atom is -0.484 e. The van der Waals surface area contributed by atoms with Gasteiger partial charge in [-0.05, 0) is 48.4 Å². The molecule has 6 nitrogen and oxygen atoms in total. The van der Waals surface area contributed by atoms with Gasteiger partial charge in [0.15, 0.2) is 13.2 Å². The standard InChI is InChI=1S/C25H23FN2O4/c1-2-17-7-10-20(11-8-17)31-15-24(29)27-19-9-12-23-22(13-19)28(25(30)16-32-23)14-18-5-3-4-6-21(18)26/h3-13H,2,14-16H2,1H3,(H,27,29). The summed E-state index contributed by atoms with van der Waals surface area (Å²) in [6.07, 6.45) is 0.930. The van der Waals surface area contributed by atoms with E-state index in [9.17, 15) is 14.0 Å². The molecule has 1 aliphatic rings. The molecular weight excluding hydrogens is 411 g/mol. The number of anilines is 2. The molecular formula is C25H23FN2O4. The summed E-state index contributed by atoms with van der Waals surface area (Å²) in [5.74, 6) is 0.0854. The van der Waals surface area contributed by atoms with Crippen LogP contribution in [0.5, 0.6) is 11.5 Å². The quantitative estimate of drug-likeness (QED) is 0.601. The molecule has 0 atom stereocenters. The van der Waals surface area contributed by atoms with Crippen LogP contribution in [0.3, 0.4) is 0 Å². The Kier molecular flexibility index (Phi) is 6.35. The van der Waals surface area contributed by atoms with Gasteiger partial charge < -0.3 is 19.7 Å². The molecule has 0 unspecified atom stereocenters. The van der Waals surface area contributed by atoms with Crippen LogP contribution in [0.1, 0.15) is 18.1 Å². The van der Waals surface area contributed by atoms with E-state index in [1.54, 1.807) is 36.4 Å². The number of ether oxygens (including phenoxy) is 2. The number of nitrogens with zero attached hydrogens (tertiary/aromatic N) is 1. The molecule has 1 heterocycles. The minimum atomic E-state index is -0.387. The Labute approximate surface area is 185 Å². The first kappa shape index (κ1) is 21.4. The average Bonchev–Trinajstić information content (AvgIpc) is 2.81. The molecule has 2 amide bonds. The maximum Gasteiger partial charge on any atom is 0.265 e. The van der Waals surface area contributed by atoms with Crippen LogP contribution in [-0.4, -0.2) is 25.0 Å². The van der Waals surface area contributed by atoms with Crippen molar-refractivity contribution in [3.63, 3.8) is 0 Å². The lowest BCUT2D eigenvalue weighted by molar-refractivity contribution is -0.121. The first-order valence-corrected chi connectivity index (χ1v) is 10.4. The van der Waals surface area contributed by atoms with Gasteiger partial charge in [0.1, 0.15) is 17.3 Å². The fraction of sp³-hybridized carbons (Fsp3) is 0.200. The largest absolute Gasteiger partial charge is 0.484 e. The zero-order chi connectivity index (χ0) is 22.5. The summed E-state index contributed by atoms with van der Waals surface area (Å²) in [6.45, 7) is 1.85. The van der Waals surface area contributed by atoms with Gasteiger partial charge in [-0.3, -0.25) is 9.59 Å². The van der Waals surface area contributed by atoms with Crippen LogP contribution in [0.25, 0.3) is 0 Å². The number of benzene rings is 3. The van der Waals surface area contributed by atoms with Crippen molar-refractivity contribution >= 4 is 23.2 Å². The van der Waals surface area contributed by atoms with Crippen molar-refractivity contribution in [2.45, 2.75) is 19.9 Å². The second-order valence-corrected chi connectivity index (χ2v) is 7.38. The topological polar surface area (TPSA) is 67.9 Å². The third-order valence-corrected chi connectivity index (χ3v) is 5.17. The lowest BCUT2D eigenvalue weighted by Gasteiger charge is -2.30. The highest BCUT2D eigenvalue weighted by Gasteiger charge is 2.27. The molecule has 0 spiro atoms. The van der Waals surface area contributed by atoms with Gasteiger partial charge in [-0.1, -0.05) is 37.3 Å². The van der Waals surface area contributed by atoms with E-state index in [1.807, 2.05) is 24.3 Å². The van der Waals surface area contributed by atoms with Gasteiger partial charge in [0.2, 0.25) is 0 Å². The summed E-state index contributed by atoms with van der Waals surface area (Å²) in [6, 6.07) is 18.9. The molecule has 0 saturated heterocycles. The molecule has 4 rings (SSSR count). The Hall–Kier alpha value is -3.87. The van der Waals surface area contributed by atoms with E-state index in [-0.39, 0.29) is 37.4 Å². The zero-order valence-corrected chi connectivity index (χ0v) is 17.6. The van der Waals surface area contributed by atoms with Crippen LogP contribution in [0.15, 0.2) is 66.7 Å². The summed E-state index contributed by atoms with van der Waals surface area (Å²) < 4.78 is 25.2. The number of rotatable bonds is 7. The summed E-state index contributed by atoms with van der Waals surface area (Å²) in [5, 5.41) is 2.76. The van der Waals surface area contributed by atoms with Crippen molar-refractivity contribution in [3.8, 4) is 11.5 Å². The number of nitrogens with one attached hydrogen (secondary N) is 1. The Morgan fingerprint density at radius 2 is 1.91 bits per heavy atom. The molecule has 7 heteroatoms. The Bertz CT molecular complexity index is 1130. The van der Waals surface area contributed by atoms with Gasteiger partial charge >= 0.3 is 0 Å². The second-order valence-electron chi connectivity index (χ2n) is 7.38. The molecule has 0 aromatic heterocycles. The van der Waals surface area contributed by atoms with E-state index in [0.717, 1.165) is 6.42 Å². The van der Waals surface area contributed by atoms with Crippen molar-refractivity contribution in [2.75, 3.05) is 23.4 Å². The van der Waals surface area contributed by atoms with Crippen molar-refractivity contribution in [1.29, 1.82) is 0 Å². The normalized spacial score (nSPS) is 12.7. The van der Waals surface area contributed by atoms with Gasteiger partial charge in [0.05, 0.1) is 12.2 Å². The SMILES string of the molecule is CCc1ccc(OCC(=O)Nc2ccc3c(c2)N(Cc2ccccc2F)C(=O)CO3)cc1. The van der Waals surface area contributed by atoms with E-state index < -0.39 is 0 Å². The molecule has 1 N–H and O–H groups in total. The van der Waals surface area contributed by atoms with Crippen molar-refractivity contribution < 1.29 is 23.5 Å². The van der Waals surface area contributed by atoms with Crippen molar-refractivity contribution in [1.82, 2.24) is 0 Å². The summed E-state index contributed by atoms with van der Waals surface area (Å²) in [4.78, 5) is 26.3. The first-order valence-electron chi connectivity index (χ1n) is 10.4. The molecule has 1 aliphatic heterocycles. The van der Waals surface area contributed by atoms with Crippen LogP contribution in [0, 0.1) is 5.82 Å². The second kappa shape index (κ2) is 9.51. The fourth-order valence-electron chi connectivity index (χ4n) is 3.42. The number of carbonyl (C=O) groups is 2. The number of carbonyl (C=O) groups excluding carboxylic acids is 2. The molecule has 0 fully saturated rings.